The summed E-state index contributed by atoms with van der Waals surface area (Å²) < 4.78 is 26.5. The summed E-state index contributed by atoms with van der Waals surface area (Å²) in [5, 5.41) is -0.167. The van der Waals surface area contributed by atoms with Crippen LogP contribution in [0.5, 0.6) is 0 Å². The van der Waals surface area contributed by atoms with Gasteiger partial charge in [0.05, 0.1) is 10.7 Å². The molecular formula is C18H24N2O3S. The van der Waals surface area contributed by atoms with Crippen LogP contribution >= 0.6 is 0 Å². The monoisotopic (exact) mass is 348 g/mol. The molecular weight excluding hydrogens is 324 g/mol. The molecule has 2 heterocycles. The van der Waals surface area contributed by atoms with E-state index < -0.39 is 15.4 Å². The minimum absolute atomic E-state index is 0.167. The minimum Gasteiger partial charge on any atom is -0.341 e. The number of rotatable bonds is 2. The van der Waals surface area contributed by atoms with Crippen LogP contribution in [0.3, 0.4) is 0 Å². The Labute approximate surface area is 143 Å². The van der Waals surface area contributed by atoms with E-state index >= 15 is 0 Å². The summed E-state index contributed by atoms with van der Waals surface area (Å²) >= 11 is 0. The second-order valence-corrected chi connectivity index (χ2v) is 9.74. The molecule has 1 aromatic carbocycles. The van der Waals surface area contributed by atoms with Crippen LogP contribution in [0.1, 0.15) is 36.8 Å². The van der Waals surface area contributed by atoms with E-state index in [4.69, 9.17) is 0 Å². The van der Waals surface area contributed by atoms with E-state index in [0.29, 0.717) is 32.5 Å². The number of sulfonamides is 1. The van der Waals surface area contributed by atoms with E-state index in [-0.39, 0.29) is 11.2 Å². The normalized spacial score (nSPS) is 24.7. The van der Waals surface area contributed by atoms with Crippen LogP contribution in [0.25, 0.3) is 0 Å². The van der Waals surface area contributed by atoms with E-state index in [1.54, 1.807) is 4.31 Å². The number of hydrogen-bond donors (Lipinski definition) is 0. The first-order chi connectivity index (χ1) is 11.4. The third-order valence-electron chi connectivity index (χ3n) is 5.84. The van der Waals surface area contributed by atoms with Crippen LogP contribution in [0.4, 0.5) is 0 Å². The Hall–Kier alpha value is -1.40. The first kappa shape index (κ1) is 16.1. The standard InChI is InChI=1S/C18H24N2O3S/c1-19-13-15-5-3-2-4-14(15)12-18(17(19)21)8-10-20(11-9-18)24(22,23)16-6-7-16/h2-5,16H,6-13H2,1H3. The van der Waals surface area contributed by atoms with Gasteiger partial charge in [-0.25, -0.2) is 12.7 Å². The lowest BCUT2D eigenvalue weighted by Crippen LogP contribution is -2.51. The third-order valence-corrected chi connectivity index (χ3v) is 8.24. The van der Waals surface area contributed by atoms with E-state index in [1.807, 2.05) is 24.1 Å². The molecule has 3 aliphatic rings. The second-order valence-electron chi connectivity index (χ2n) is 7.53. The molecule has 1 aliphatic carbocycles. The summed E-state index contributed by atoms with van der Waals surface area (Å²) in [6.45, 7) is 1.59. The van der Waals surface area contributed by atoms with Crippen molar-refractivity contribution in [3.8, 4) is 0 Å². The highest BCUT2D eigenvalue weighted by atomic mass is 32.2. The number of hydrogen-bond acceptors (Lipinski definition) is 3. The molecule has 0 radical (unpaired) electrons. The highest BCUT2D eigenvalue weighted by Crippen LogP contribution is 2.42. The van der Waals surface area contributed by atoms with E-state index in [1.165, 1.54) is 11.1 Å². The SMILES string of the molecule is CN1Cc2ccccc2CC2(CCN(S(=O)(=O)C3CC3)CC2)C1=O. The summed E-state index contributed by atoms with van der Waals surface area (Å²) in [4.78, 5) is 14.9. The van der Waals surface area contributed by atoms with Gasteiger partial charge in [-0.2, -0.15) is 0 Å². The molecule has 4 rings (SSSR count). The zero-order chi connectivity index (χ0) is 16.9. The number of benzene rings is 1. The summed E-state index contributed by atoms with van der Waals surface area (Å²) in [6.07, 6.45) is 3.55. The molecule has 6 heteroatoms. The predicted molar refractivity (Wildman–Crippen MR) is 91.8 cm³/mol. The number of fused-ring (bicyclic) bond motifs is 1. The minimum atomic E-state index is -3.14. The fourth-order valence-electron chi connectivity index (χ4n) is 4.19. The molecule has 5 nitrogen and oxygen atoms in total. The Morgan fingerprint density at radius 3 is 2.33 bits per heavy atom. The highest BCUT2D eigenvalue weighted by Gasteiger charge is 2.48. The molecule has 1 saturated carbocycles. The number of amides is 1. The van der Waals surface area contributed by atoms with Crippen molar-refractivity contribution in [2.24, 2.45) is 5.41 Å². The highest BCUT2D eigenvalue weighted by molar-refractivity contribution is 7.90. The van der Waals surface area contributed by atoms with Crippen molar-refractivity contribution in [1.29, 1.82) is 0 Å². The second kappa shape index (κ2) is 5.56. The van der Waals surface area contributed by atoms with Gasteiger partial charge in [-0.1, -0.05) is 24.3 Å². The van der Waals surface area contributed by atoms with Gasteiger partial charge < -0.3 is 4.90 Å². The van der Waals surface area contributed by atoms with Gasteiger partial charge in [0.1, 0.15) is 0 Å². The van der Waals surface area contributed by atoms with Gasteiger partial charge in [-0.3, -0.25) is 4.79 Å². The van der Waals surface area contributed by atoms with Crippen molar-refractivity contribution >= 4 is 15.9 Å². The van der Waals surface area contributed by atoms with Crippen LogP contribution < -0.4 is 0 Å². The first-order valence-electron chi connectivity index (χ1n) is 8.74. The van der Waals surface area contributed by atoms with E-state index in [2.05, 4.69) is 12.1 Å². The fourth-order valence-corrected chi connectivity index (χ4v) is 6.04. The third kappa shape index (κ3) is 2.56. The van der Waals surface area contributed by atoms with Crippen LogP contribution in [-0.2, 0) is 27.8 Å². The molecule has 1 amide bonds. The average molecular weight is 348 g/mol. The summed E-state index contributed by atoms with van der Waals surface area (Å²) in [5.74, 6) is 0.169. The largest absolute Gasteiger partial charge is 0.341 e. The maximum Gasteiger partial charge on any atom is 0.229 e. The smallest absolute Gasteiger partial charge is 0.229 e. The van der Waals surface area contributed by atoms with Crippen LogP contribution in [0.2, 0.25) is 0 Å². The van der Waals surface area contributed by atoms with Gasteiger partial charge in [-0.15, -0.1) is 0 Å². The number of nitrogens with zero attached hydrogens (tertiary/aromatic N) is 2. The molecule has 0 bridgehead atoms. The predicted octanol–water partition coefficient (Wildman–Crippen LogP) is 1.78. The van der Waals surface area contributed by atoms with Gasteiger partial charge in [0.15, 0.2) is 0 Å². The molecule has 0 atom stereocenters. The molecule has 0 aromatic heterocycles. The van der Waals surface area contributed by atoms with Crippen molar-refractivity contribution in [2.45, 2.75) is 43.9 Å². The Bertz CT molecular complexity index is 762. The number of carbonyl (C=O) groups is 1. The van der Waals surface area contributed by atoms with E-state index in [9.17, 15) is 13.2 Å². The van der Waals surface area contributed by atoms with Crippen molar-refractivity contribution < 1.29 is 13.2 Å². The quantitative estimate of drug-likeness (QED) is 0.818. The summed E-state index contributed by atoms with van der Waals surface area (Å²) in [7, 11) is -1.28. The van der Waals surface area contributed by atoms with Crippen LogP contribution in [0.15, 0.2) is 24.3 Å². The summed E-state index contributed by atoms with van der Waals surface area (Å²) in [5.41, 5.74) is 1.99. The molecule has 2 fully saturated rings. The lowest BCUT2D eigenvalue weighted by Gasteiger charge is -2.41. The molecule has 130 valence electrons. The van der Waals surface area contributed by atoms with Crippen molar-refractivity contribution in [2.75, 3.05) is 20.1 Å². The van der Waals surface area contributed by atoms with Crippen molar-refractivity contribution in [3.63, 3.8) is 0 Å². The molecule has 1 spiro atoms. The summed E-state index contributed by atoms with van der Waals surface area (Å²) in [6, 6.07) is 8.23. The Balaban J connectivity index is 1.60. The first-order valence-corrected chi connectivity index (χ1v) is 10.2. The number of piperidine rings is 1. The Kier molecular flexibility index (Phi) is 3.73. The Morgan fingerprint density at radius 1 is 1.08 bits per heavy atom. The zero-order valence-corrected chi connectivity index (χ0v) is 14.9. The molecule has 2 aliphatic heterocycles. The maximum absolute atomic E-state index is 13.1. The van der Waals surface area contributed by atoms with Crippen LogP contribution in [0, 0.1) is 5.41 Å². The number of carbonyl (C=O) groups excluding carboxylic acids is 1. The van der Waals surface area contributed by atoms with Gasteiger partial charge in [0.2, 0.25) is 15.9 Å². The average Bonchev–Trinajstić information content (AvgIpc) is 3.41. The molecule has 0 N–H and O–H groups in total. The lowest BCUT2D eigenvalue weighted by atomic mass is 9.73. The van der Waals surface area contributed by atoms with Crippen LogP contribution in [-0.4, -0.2) is 48.9 Å². The molecule has 24 heavy (non-hydrogen) atoms. The van der Waals surface area contributed by atoms with Gasteiger partial charge in [0.25, 0.3) is 0 Å². The topological polar surface area (TPSA) is 57.7 Å². The molecule has 0 unspecified atom stereocenters. The van der Waals surface area contributed by atoms with Gasteiger partial charge in [0, 0.05) is 26.7 Å². The lowest BCUT2D eigenvalue weighted by molar-refractivity contribution is -0.143. The zero-order valence-electron chi connectivity index (χ0n) is 14.1. The van der Waals surface area contributed by atoms with Gasteiger partial charge >= 0.3 is 0 Å². The molecule has 1 saturated heterocycles. The maximum atomic E-state index is 13.1. The molecule has 1 aromatic rings. The fraction of sp³-hybridized carbons (Fsp3) is 0.611. The van der Waals surface area contributed by atoms with E-state index in [0.717, 1.165) is 19.3 Å². The Morgan fingerprint density at radius 2 is 1.71 bits per heavy atom. The van der Waals surface area contributed by atoms with Crippen molar-refractivity contribution in [3.05, 3.63) is 35.4 Å². The van der Waals surface area contributed by atoms with Gasteiger partial charge in [-0.05, 0) is 43.2 Å². The van der Waals surface area contributed by atoms with Crippen molar-refractivity contribution in [1.82, 2.24) is 9.21 Å².